The van der Waals surface area contributed by atoms with Crippen molar-refractivity contribution in [1.29, 1.82) is 0 Å². The van der Waals surface area contributed by atoms with E-state index in [0.29, 0.717) is 6.04 Å². The second-order valence-electron chi connectivity index (χ2n) is 7.03. The molecule has 0 spiro atoms. The van der Waals surface area contributed by atoms with E-state index in [1.807, 2.05) is 17.3 Å². The molecule has 1 aliphatic heterocycles. The summed E-state index contributed by atoms with van der Waals surface area (Å²) in [5, 5.41) is 10.0. The largest absolute Gasteiger partial charge is 0.337 e. The lowest BCUT2D eigenvalue weighted by atomic mass is 9.98. The second-order valence-corrected chi connectivity index (χ2v) is 7.03. The zero-order valence-corrected chi connectivity index (χ0v) is 14.3. The third kappa shape index (κ3) is 4.05. The summed E-state index contributed by atoms with van der Waals surface area (Å²) in [6.07, 6.45) is 9.63. The van der Waals surface area contributed by atoms with Gasteiger partial charge in [-0.15, -0.1) is 0 Å². The highest BCUT2D eigenvalue weighted by Gasteiger charge is 2.31. The van der Waals surface area contributed by atoms with Crippen molar-refractivity contribution >= 4 is 6.03 Å². The summed E-state index contributed by atoms with van der Waals surface area (Å²) < 4.78 is 0. The molecule has 0 aromatic carbocycles. The highest BCUT2D eigenvalue weighted by molar-refractivity contribution is 5.74. The number of amides is 2. The number of carbonyl (C=O) groups is 1. The van der Waals surface area contributed by atoms with E-state index in [0.717, 1.165) is 44.1 Å². The molecule has 1 saturated heterocycles. The number of carbonyl (C=O) groups excluding carboxylic acids is 1. The number of aromatic amines is 1. The number of hydrogen-bond acceptors (Lipinski definition) is 3. The number of rotatable bonds is 6. The van der Waals surface area contributed by atoms with Crippen LogP contribution in [0, 0.1) is 0 Å². The zero-order valence-electron chi connectivity index (χ0n) is 14.3. The third-order valence-corrected chi connectivity index (χ3v) is 4.99. The summed E-state index contributed by atoms with van der Waals surface area (Å²) in [5.41, 5.74) is 1.11. The van der Waals surface area contributed by atoms with Gasteiger partial charge in [0.2, 0.25) is 0 Å². The Morgan fingerprint density at radius 1 is 1.43 bits per heavy atom. The SMILES string of the molecule is CC(C)N(CCNC(=O)N1CCCC[C@@H]1c1cn[nH]c1)C1CC1. The smallest absolute Gasteiger partial charge is 0.317 e. The minimum atomic E-state index is 0.0652. The average molecular weight is 319 g/mol. The summed E-state index contributed by atoms with van der Waals surface area (Å²) in [5.74, 6) is 0. The molecule has 0 radical (unpaired) electrons. The summed E-state index contributed by atoms with van der Waals surface area (Å²) in [7, 11) is 0. The molecule has 0 unspecified atom stereocenters. The Hall–Kier alpha value is -1.56. The number of H-pyrrole nitrogens is 1. The van der Waals surface area contributed by atoms with Gasteiger partial charge in [-0.25, -0.2) is 4.79 Å². The topological polar surface area (TPSA) is 64.3 Å². The number of nitrogens with zero attached hydrogens (tertiary/aromatic N) is 3. The lowest BCUT2D eigenvalue weighted by Crippen LogP contribution is -2.47. The molecule has 1 aromatic rings. The summed E-state index contributed by atoms with van der Waals surface area (Å²) in [6.45, 7) is 6.97. The fourth-order valence-electron chi connectivity index (χ4n) is 3.63. The van der Waals surface area contributed by atoms with Gasteiger partial charge in [0, 0.05) is 43.5 Å². The first-order chi connectivity index (χ1) is 11.2. The van der Waals surface area contributed by atoms with Gasteiger partial charge >= 0.3 is 6.03 Å². The lowest BCUT2D eigenvalue weighted by Gasteiger charge is -2.35. The van der Waals surface area contributed by atoms with Gasteiger partial charge in [-0.3, -0.25) is 10.00 Å². The van der Waals surface area contributed by atoms with Crippen LogP contribution in [0.3, 0.4) is 0 Å². The number of likely N-dealkylation sites (tertiary alicyclic amines) is 1. The first-order valence-electron chi connectivity index (χ1n) is 8.95. The van der Waals surface area contributed by atoms with Crippen molar-refractivity contribution in [3.8, 4) is 0 Å². The highest BCUT2D eigenvalue weighted by Crippen LogP contribution is 2.30. The van der Waals surface area contributed by atoms with Crippen LogP contribution >= 0.6 is 0 Å². The summed E-state index contributed by atoms with van der Waals surface area (Å²) >= 11 is 0. The Bertz CT molecular complexity index is 495. The molecule has 3 rings (SSSR count). The number of piperidine rings is 1. The molecule has 2 aliphatic rings. The molecule has 6 heteroatoms. The molecule has 1 saturated carbocycles. The molecular formula is C17H29N5O. The van der Waals surface area contributed by atoms with Gasteiger partial charge in [0.25, 0.3) is 0 Å². The molecule has 1 aliphatic carbocycles. The normalized spacial score (nSPS) is 21.9. The number of urea groups is 1. The van der Waals surface area contributed by atoms with Crippen LogP contribution in [0.25, 0.3) is 0 Å². The van der Waals surface area contributed by atoms with Crippen molar-refractivity contribution in [2.45, 2.75) is 64.1 Å². The molecule has 1 aromatic heterocycles. The van der Waals surface area contributed by atoms with Gasteiger partial charge in [0.1, 0.15) is 0 Å². The van der Waals surface area contributed by atoms with Crippen molar-refractivity contribution in [2.24, 2.45) is 0 Å². The fraction of sp³-hybridized carbons (Fsp3) is 0.765. The standard InChI is InChI=1S/C17H29N5O/c1-13(2)21(15-6-7-15)10-8-18-17(23)22-9-4-3-5-16(22)14-11-19-20-12-14/h11-13,15-16H,3-10H2,1-2H3,(H,18,23)(H,19,20)/t16-/m1/s1. The number of aromatic nitrogens is 2. The molecular weight excluding hydrogens is 290 g/mol. The predicted octanol–water partition coefficient (Wildman–Crippen LogP) is 2.52. The van der Waals surface area contributed by atoms with Gasteiger partial charge in [-0.2, -0.15) is 5.10 Å². The molecule has 2 heterocycles. The Kier molecular flexibility index (Phi) is 5.20. The van der Waals surface area contributed by atoms with Gasteiger partial charge in [-0.1, -0.05) is 0 Å². The molecule has 6 nitrogen and oxygen atoms in total. The van der Waals surface area contributed by atoms with Gasteiger partial charge < -0.3 is 10.2 Å². The van der Waals surface area contributed by atoms with Crippen molar-refractivity contribution in [3.05, 3.63) is 18.0 Å². The first-order valence-corrected chi connectivity index (χ1v) is 8.95. The van der Waals surface area contributed by atoms with Crippen molar-refractivity contribution in [1.82, 2.24) is 25.3 Å². The monoisotopic (exact) mass is 319 g/mol. The highest BCUT2D eigenvalue weighted by atomic mass is 16.2. The molecule has 0 bridgehead atoms. The van der Waals surface area contributed by atoms with Crippen molar-refractivity contribution in [2.75, 3.05) is 19.6 Å². The maximum atomic E-state index is 12.6. The molecule has 1 atom stereocenters. The van der Waals surface area contributed by atoms with Crippen LogP contribution in [0.1, 0.15) is 57.6 Å². The molecule has 2 N–H and O–H groups in total. The van der Waals surface area contributed by atoms with E-state index in [4.69, 9.17) is 0 Å². The van der Waals surface area contributed by atoms with E-state index >= 15 is 0 Å². The maximum Gasteiger partial charge on any atom is 0.317 e. The predicted molar refractivity (Wildman–Crippen MR) is 90.1 cm³/mol. The van der Waals surface area contributed by atoms with Crippen molar-refractivity contribution < 1.29 is 4.79 Å². The first kappa shape index (κ1) is 16.3. The van der Waals surface area contributed by atoms with E-state index in [-0.39, 0.29) is 12.1 Å². The Balaban J connectivity index is 1.52. The Morgan fingerprint density at radius 3 is 2.91 bits per heavy atom. The van der Waals surface area contributed by atoms with Crippen LogP contribution in [0.4, 0.5) is 4.79 Å². The average Bonchev–Trinajstić information content (AvgIpc) is 3.23. The van der Waals surface area contributed by atoms with E-state index in [1.165, 1.54) is 19.3 Å². The molecule has 2 amide bonds. The van der Waals surface area contributed by atoms with Crippen LogP contribution in [-0.4, -0.2) is 57.7 Å². The molecule has 2 fully saturated rings. The Morgan fingerprint density at radius 2 is 2.26 bits per heavy atom. The summed E-state index contributed by atoms with van der Waals surface area (Å²) in [6, 6.07) is 1.51. The minimum Gasteiger partial charge on any atom is -0.337 e. The van der Waals surface area contributed by atoms with Crippen LogP contribution < -0.4 is 5.32 Å². The fourth-order valence-corrected chi connectivity index (χ4v) is 3.63. The van der Waals surface area contributed by atoms with E-state index in [9.17, 15) is 4.79 Å². The minimum absolute atomic E-state index is 0.0652. The van der Waals surface area contributed by atoms with Gasteiger partial charge in [0.15, 0.2) is 0 Å². The summed E-state index contributed by atoms with van der Waals surface area (Å²) in [4.78, 5) is 17.1. The lowest BCUT2D eigenvalue weighted by molar-refractivity contribution is 0.148. The van der Waals surface area contributed by atoms with Crippen LogP contribution in [0.5, 0.6) is 0 Å². The number of nitrogens with one attached hydrogen (secondary N) is 2. The van der Waals surface area contributed by atoms with E-state index in [2.05, 4.69) is 34.3 Å². The quantitative estimate of drug-likeness (QED) is 0.847. The van der Waals surface area contributed by atoms with Crippen molar-refractivity contribution in [3.63, 3.8) is 0 Å². The second kappa shape index (κ2) is 7.34. The number of hydrogen-bond donors (Lipinski definition) is 2. The van der Waals surface area contributed by atoms with Crippen LogP contribution in [0.15, 0.2) is 12.4 Å². The van der Waals surface area contributed by atoms with Crippen LogP contribution in [-0.2, 0) is 0 Å². The maximum absolute atomic E-state index is 12.6. The Labute approximate surface area is 138 Å². The molecule has 23 heavy (non-hydrogen) atoms. The van der Waals surface area contributed by atoms with Crippen LogP contribution in [0.2, 0.25) is 0 Å². The van der Waals surface area contributed by atoms with Gasteiger partial charge in [-0.05, 0) is 46.0 Å². The zero-order chi connectivity index (χ0) is 16.2. The molecule has 128 valence electrons. The van der Waals surface area contributed by atoms with E-state index < -0.39 is 0 Å². The van der Waals surface area contributed by atoms with E-state index in [1.54, 1.807) is 0 Å². The van der Waals surface area contributed by atoms with Gasteiger partial charge in [0.05, 0.1) is 12.2 Å². The third-order valence-electron chi connectivity index (χ3n) is 4.99.